The van der Waals surface area contributed by atoms with E-state index in [0.29, 0.717) is 0 Å². The molecular weight excluding hydrogens is 348 g/mol. The number of esters is 2. The van der Waals surface area contributed by atoms with Gasteiger partial charge in [-0.1, -0.05) is 60.7 Å². The first-order valence-corrected chi connectivity index (χ1v) is 8.60. The van der Waals surface area contributed by atoms with Crippen LogP contribution >= 0.6 is 0 Å². The van der Waals surface area contributed by atoms with Gasteiger partial charge in [0.05, 0.1) is 0 Å². The second kappa shape index (κ2) is 11.1. The minimum atomic E-state index is -1.14. The SMILES string of the molecule is COC(CC(C(=O)OCc1ccccc1)C(=O)OCc1ccccc1)OC. The molecule has 0 N–H and O–H groups in total. The van der Waals surface area contributed by atoms with Crippen molar-refractivity contribution in [1.29, 1.82) is 0 Å². The van der Waals surface area contributed by atoms with Gasteiger partial charge in [-0.05, 0) is 11.1 Å². The molecule has 0 aromatic heterocycles. The van der Waals surface area contributed by atoms with Crippen LogP contribution in [0.2, 0.25) is 0 Å². The summed E-state index contributed by atoms with van der Waals surface area (Å²) in [5.41, 5.74) is 1.66. The third-order valence-corrected chi connectivity index (χ3v) is 3.97. The summed E-state index contributed by atoms with van der Waals surface area (Å²) in [4.78, 5) is 25.0. The molecule has 0 saturated carbocycles. The molecule has 0 radical (unpaired) electrons. The lowest BCUT2D eigenvalue weighted by Crippen LogP contribution is -2.32. The summed E-state index contributed by atoms with van der Waals surface area (Å²) in [6, 6.07) is 18.5. The normalized spacial score (nSPS) is 10.8. The Morgan fingerprint density at radius 3 is 1.52 bits per heavy atom. The summed E-state index contributed by atoms with van der Waals surface area (Å²) < 4.78 is 20.8. The summed E-state index contributed by atoms with van der Waals surface area (Å²) in [6.45, 7) is 0.152. The minimum absolute atomic E-state index is 0.00818. The van der Waals surface area contributed by atoms with Gasteiger partial charge in [0.15, 0.2) is 12.2 Å². The van der Waals surface area contributed by atoms with E-state index in [-0.39, 0.29) is 19.6 Å². The van der Waals surface area contributed by atoms with Crippen LogP contribution in [0.3, 0.4) is 0 Å². The molecule has 0 aliphatic rings. The molecule has 6 heteroatoms. The average molecular weight is 372 g/mol. The van der Waals surface area contributed by atoms with Crippen molar-refractivity contribution >= 4 is 11.9 Å². The Morgan fingerprint density at radius 2 is 1.15 bits per heavy atom. The van der Waals surface area contributed by atoms with Gasteiger partial charge in [0.25, 0.3) is 0 Å². The van der Waals surface area contributed by atoms with Crippen molar-refractivity contribution < 1.29 is 28.5 Å². The molecule has 0 atom stereocenters. The lowest BCUT2D eigenvalue weighted by molar-refractivity contribution is -0.172. The molecule has 0 amide bonds. The van der Waals surface area contributed by atoms with Gasteiger partial charge in [-0.2, -0.15) is 0 Å². The van der Waals surface area contributed by atoms with Crippen molar-refractivity contribution in [3.8, 4) is 0 Å². The van der Waals surface area contributed by atoms with Gasteiger partial charge in [-0.3, -0.25) is 9.59 Å². The molecule has 27 heavy (non-hydrogen) atoms. The van der Waals surface area contributed by atoms with Crippen LogP contribution in [-0.2, 0) is 41.8 Å². The van der Waals surface area contributed by atoms with Crippen molar-refractivity contribution in [1.82, 2.24) is 0 Å². The number of ether oxygens (including phenoxy) is 4. The number of hydrogen-bond donors (Lipinski definition) is 0. The maximum absolute atomic E-state index is 12.5. The monoisotopic (exact) mass is 372 g/mol. The topological polar surface area (TPSA) is 71.1 Å². The molecule has 0 spiro atoms. The molecule has 0 fully saturated rings. The summed E-state index contributed by atoms with van der Waals surface area (Å²) in [6.07, 6.45) is -0.711. The lowest BCUT2D eigenvalue weighted by atomic mass is 10.1. The summed E-state index contributed by atoms with van der Waals surface area (Å²) in [5, 5.41) is 0. The van der Waals surface area contributed by atoms with Gasteiger partial charge >= 0.3 is 11.9 Å². The van der Waals surface area contributed by atoms with Crippen molar-refractivity contribution in [3.05, 3.63) is 71.8 Å². The molecule has 2 rings (SSSR count). The van der Waals surface area contributed by atoms with E-state index in [1.54, 1.807) is 0 Å². The Labute approximate surface area is 159 Å². The zero-order valence-electron chi connectivity index (χ0n) is 15.5. The van der Waals surface area contributed by atoms with Crippen LogP contribution in [-0.4, -0.2) is 32.4 Å². The Balaban J connectivity index is 2.00. The van der Waals surface area contributed by atoms with E-state index >= 15 is 0 Å². The van der Waals surface area contributed by atoms with Crippen LogP contribution in [0.15, 0.2) is 60.7 Å². The second-order valence-electron chi connectivity index (χ2n) is 5.88. The largest absolute Gasteiger partial charge is 0.460 e. The van der Waals surface area contributed by atoms with E-state index in [9.17, 15) is 9.59 Å². The van der Waals surface area contributed by atoms with Crippen LogP contribution in [0.25, 0.3) is 0 Å². The highest BCUT2D eigenvalue weighted by atomic mass is 16.7. The fraction of sp³-hybridized carbons (Fsp3) is 0.333. The fourth-order valence-electron chi connectivity index (χ4n) is 2.43. The standard InChI is InChI=1S/C21H24O6/c1-24-19(25-2)13-18(20(22)26-14-16-9-5-3-6-10-16)21(23)27-15-17-11-7-4-8-12-17/h3-12,18-19H,13-15H2,1-2H3. The van der Waals surface area contributed by atoms with Crippen LogP contribution in [0.5, 0.6) is 0 Å². The molecule has 0 unspecified atom stereocenters. The van der Waals surface area contributed by atoms with E-state index in [1.165, 1.54) is 14.2 Å². The molecule has 2 aromatic rings. The van der Waals surface area contributed by atoms with Crippen molar-refractivity contribution in [2.24, 2.45) is 5.92 Å². The molecule has 6 nitrogen and oxygen atoms in total. The number of hydrogen-bond acceptors (Lipinski definition) is 6. The van der Waals surface area contributed by atoms with Crippen LogP contribution in [0, 0.1) is 5.92 Å². The quantitative estimate of drug-likeness (QED) is 0.363. The number of carbonyl (C=O) groups is 2. The minimum Gasteiger partial charge on any atom is -0.460 e. The second-order valence-corrected chi connectivity index (χ2v) is 5.88. The van der Waals surface area contributed by atoms with E-state index < -0.39 is 24.1 Å². The van der Waals surface area contributed by atoms with Crippen molar-refractivity contribution in [2.45, 2.75) is 25.9 Å². The molecule has 0 bridgehead atoms. The van der Waals surface area contributed by atoms with Crippen molar-refractivity contribution in [2.75, 3.05) is 14.2 Å². The van der Waals surface area contributed by atoms with Crippen LogP contribution in [0.1, 0.15) is 17.5 Å². The summed E-state index contributed by atoms with van der Waals surface area (Å²) in [5.74, 6) is -2.48. The highest BCUT2D eigenvalue weighted by molar-refractivity contribution is 5.94. The number of methoxy groups -OCH3 is 2. The van der Waals surface area contributed by atoms with E-state index in [0.717, 1.165) is 11.1 Å². The van der Waals surface area contributed by atoms with Gasteiger partial charge in [0.1, 0.15) is 13.2 Å². The Bertz CT molecular complexity index is 642. The third kappa shape index (κ3) is 6.84. The maximum atomic E-state index is 12.5. The maximum Gasteiger partial charge on any atom is 0.320 e. The van der Waals surface area contributed by atoms with Gasteiger partial charge in [-0.15, -0.1) is 0 Å². The molecule has 2 aromatic carbocycles. The van der Waals surface area contributed by atoms with Gasteiger partial charge in [0, 0.05) is 20.6 Å². The number of benzene rings is 2. The first-order valence-electron chi connectivity index (χ1n) is 8.60. The smallest absolute Gasteiger partial charge is 0.320 e. The highest BCUT2D eigenvalue weighted by Crippen LogP contribution is 2.16. The van der Waals surface area contributed by atoms with E-state index in [4.69, 9.17) is 18.9 Å². The van der Waals surface area contributed by atoms with Gasteiger partial charge in [0.2, 0.25) is 0 Å². The zero-order chi connectivity index (χ0) is 19.5. The van der Waals surface area contributed by atoms with E-state index in [2.05, 4.69) is 0 Å². The third-order valence-electron chi connectivity index (χ3n) is 3.97. The molecule has 0 aliphatic heterocycles. The predicted octanol–water partition coefficient (Wildman–Crippen LogP) is 3.10. The molecule has 0 aliphatic carbocycles. The summed E-state index contributed by atoms with van der Waals surface area (Å²) >= 11 is 0. The van der Waals surface area contributed by atoms with Crippen LogP contribution < -0.4 is 0 Å². The van der Waals surface area contributed by atoms with Gasteiger partial charge < -0.3 is 18.9 Å². The lowest BCUT2D eigenvalue weighted by Gasteiger charge is -2.20. The Morgan fingerprint density at radius 1 is 0.741 bits per heavy atom. The molecular formula is C21H24O6. The van der Waals surface area contributed by atoms with Crippen molar-refractivity contribution in [3.63, 3.8) is 0 Å². The first-order chi connectivity index (χ1) is 13.1. The summed E-state index contributed by atoms with van der Waals surface area (Å²) in [7, 11) is 2.88. The Kier molecular flexibility index (Phi) is 8.48. The number of carbonyl (C=O) groups excluding carboxylic acids is 2. The first kappa shape index (κ1) is 20.6. The Hall–Kier alpha value is -2.70. The molecule has 0 heterocycles. The fourth-order valence-corrected chi connectivity index (χ4v) is 2.43. The van der Waals surface area contributed by atoms with E-state index in [1.807, 2.05) is 60.7 Å². The number of rotatable bonds is 10. The van der Waals surface area contributed by atoms with Gasteiger partial charge in [-0.25, -0.2) is 0 Å². The average Bonchev–Trinajstić information content (AvgIpc) is 2.72. The predicted molar refractivity (Wildman–Crippen MR) is 98.4 cm³/mol. The molecule has 0 saturated heterocycles. The molecule has 144 valence electrons. The zero-order valence-corrected chi connectivity index (χ0v) is 15.5. The highest BCUT2D eigenvalue weighted by Gasteiger charge is 2.33. The van der Waals surface area contributed by atoms with Crippen LogP contribution in [0.4, 0.5) is 0 Å².